The lowest BCUT2D eigenvalue weighted by molar-refractivity contribution is -0.862. The predicted octanol–water partition coefficient (Wildman–Crippen LogP) is 0.747. The molecular weight excluding hydrogens is 278 g/mol. The maximum Gasteiger partial charge on any atom is 0.275 e. The number of hydrogen-bond donors (Lipinski definition) is 3. The van der Waals surface area contributed by atoms with Gasteiger partial charge >= 0.3 is 0 Å². The fourth-order valence-corrected chi connectivity index (χ4v) is 2.86. The average molecular weight is 314 g/mol. The third-order valence-corrected chi connectivity index (χ3v) is 2.89. The summed E-state index contributed by atoms with van der Waals surface area (Å²) in [5.74, 6) is -0.0536. The number of carbonyl (C=O) groups excluding carboxylic acids is 2. The Kier molecular flexibility index (Phi) is 7.07. The zero-order valence-electron chi connectivity index (χ0n) is 15.9. The van der Waals surface area contributed by atoms with Gasteiger partial charge in [-0.1, -0.05) is 20.8 Å². The number of hydrogen-bond acceptors (Lipinski definition) is 2. The summed E-state index contributed by atoms with van der Waals surface area (Å²) in [6.45, 7) is 17.0. The van der Waals surface area contributed by atoms with E-state index in [4.69, 9.17) is 0 Å². The fraction of sp³-hybridized carbons (Fsp3) is 0.882. The second kappa shape index (κ2) is 7.44. The molecule has 0 aromatic carbocycles. The Morgan fingerprint density at radius 2 is 1.23 bits per heavy atom. The lowest BCUT2D eigenvalue weighted by Gasteiger charge is -2.33. The number of amides is 2. The van der Waals surface area contributed by atoms with E-state index in [0.29, 0.717) is 13.1 Å². The first-order chi connectivity index (χ1) is 9.60. The molecule has 3 N–H and O–H groups in total. The Balaban J connectivity index is 4.34. The Morgan fingerprint density at radius 1 is 0.818 bits per heavy atom. The maximum atomic E-state index is 12.2. The Bertz CT molecular complexity index is 390. The zero-order chi connectivity index (χ0) is 17.8. The van der Waals surface area contributed by atoms with Crippen molar-refractivity contribution in [3.8, 4) is 0 Å². The molecule has 130 valence electrons. The molecule has 0 fully saturated rings. The van der Waals surface area contributed by atoms with Crippen molar-refractivity contribution >= 4 is 11.8 Å². The Labute approximate surface area is 136 Å². The van der Waals surface area contributed by atoms with E-state index >= 15 is 0 Å². The summed E-state index contributed by atoms with van der Waals surface area (Å²) in [7, 11) is 1.86. The molecule has 0 heterocycles. The average Bonchev–Trinajstić information content (AvgIpc) is 2.05. The molecule has 0 saturated heterocycles. The van der Waals surface area contributed by atoms with Crippen molar-refractivity contribution in [2.75, 3.05) is 20.1 Å². The highest BCUT2D eigenvalue weighted by atomic mass is 16.2. The van der Waals surface area contributed by atoms with Gasteiger partial charge in [0.05, 0.1) is 7.05 Å². The normalized spacial score (nSPS) is 14.4. The second-order valence-electron chi connectivity index (χ2n) is 9.28. The predicted molar refractivity (Wildman–Crippen MR) is 90.8 cm³/mol. The molecule has 0 bridgehead atoms. The van der Waals surface area contributed by atoms with Crippen LogP contribution in [0.5, 0.6) is 0 Å². The summed E-state index contributed by atoms with van der Waals surface area (Å²) < 4.78 is 0. The van der Waals surface area contributed by atoms with Crippen molar-refractivity contribution in [1.82, 2.24) is 10.6 Å². The monoisotopic (exact) mass is 314 g/mol. The van der Waals surface area contributed by atoms with Crippen molar-refractivity contribution < 1.29 is 14.5 Å². The van der Waals surface area contributed by atoms with Crippen LogP contribution in [0, 0.1) is 5.41 Å². The van der Waals surface area contributed by atoms with E-state index in [0.717, 1.165) is 11.3 Å². The van der Waals surface area contributed by atoms with E-state index in [1.165, 1.54) is 0 Å². The summed E-state index contributed by atoms with van der Waals surface area (Å²) in [6, 6.07) is 0. The molecule has 1 atom stereocenters. The second-order valence-corrected chi connectivity index (χ2v) is 9.28. The number of quaternary nitrogens is 1. The van der Waals surface area contributed by atoms with Gasteiger partial charge in [0, 0.05) is 11.1 Å². The first-order valence-electron chi connectivity index (χ1n) is 8.03. The lowest BCUT2D eigenvalue weighted by atomic mass is 9.82. The summed E-state index contributed by atoms with van der Waals surface area (Å²) in [5, 5.41) is 5.98. The van der Waals surface area contributed by atoms with Crippen LogP contribution in [0.3, 0.4) is 0 Å². The van der Waals surface area contributed by atoms with Crippen molar-refractivity contribution in [3.05, 3.63) is 0 Å². The first kappa shape index (κ1) is 20.9. The highest BCUT2D eigenvalue weighted by molar-refractivity contribution is 5.79. The minimum absolute atomic E-state index is 0.0182. The highest BCUT2D eigenvalue weighted by Crippen LogP contribution is 2.26. The number of nitrogens with one attached hydrogen (secondary N) is 3. The van der Waals surface area contributed by atoms with Crippen molar-refractivity contribution in [2.24, 2.45) is 5.41 Å². The van der Waals surface area contributed by atoms with Crippen LogP contribution in [0.4, 0.5) is 0 Å². The first-order valence-corrected chi connectivity index (χ1v) is 8.03. The van der Waals surface area contributed by atoms with Gasteiger partial charge in [0.25, 0.3) is 11.8 Å². The van der Waals surface area contributed by atoms with Crippen LogP contribution >= 0.6 is 0 Å². The molecule has 0 aliphatic rings. The van der Waals surface area contributed by atoms with E-state index in [-0.39, 0.29) is 28.3 Å². The SMILES string of the molecule is C[NH+](CC(=O)NC(C)(C)C)CC(=O)NC(C)(C)CC(C)(C)C. The molecule has 1 unspecified atom stereocenters. The van der Waals surface area contributed by atoms with E-state index in [1.54, 1.807) is 0 Å². The van der Waals surface area contributed by atoms with Gasteiger partial charge in [-0.3, -0.25) is 9.59 Å². The van der Waals surface area contributed by atoms with Gasteiger partial charge in [-0.05, 0) is 46.5 Å². The quantitative estimate of drug-likeness (QED) is 0.677. The molecule has 0 radical (unpaired) electrons. The van der Waals surface area contributed by atoms with Gasteiger partial charge in [0.1, 0.15) is 0 Å². The van der Waals surface area contributed by atoms with E-state index < -0.39 is 0 Å². The lowest BCUT2D eigenvalue weighted by Crippen LogP contribution is -3.11. The number of likely N-dealkylation sites (N-methyl/N-ethyl adjacent to an activating group) is 1. The Hall–Kier alpha value is -1.10. The molecule has 0 aromatic rings. The van der Waals surface area contributed by atoms with E-state index in [2.05, 4.69) is 31.4 Å². The van der Waals surface area contributed by atoms with Gasteiger partial charge < -0.3 is 15.5 Å². The smallest absolute Gasteiger partial charge is 0.275 e. The minimum Gasteiger partial charge on any atom is -0.347 e. The molecule has 5 heteroatoms. The van der Waals surface area contributed by atoms with Gasteiger partial charge in [0.15, 0.2) is 13.1 Å². The van der Waals surface area contributed by atoms with Crippen LogP contribution in [0.25, 0.3) is 0 Å². The van der Waals surface area contributed by atoms with Gasteiger partial charge in [0.2, 0.25) is 0 Å². The maximum absolute atomic E-state index is 12.2. The third-order valence-electron chi connectivity index (χ3n) is 2.89. The Morgan fingerprint density at radius 3 is 1.59 bits per heavy atom. The largest absolute Gasteiger partial charge is 0.347 e. The summed E-state index contributed by atoms with van der Waals surface area (Å²) >= 11 is 0. The van der Waals surface area contributed by atoms with Crippen LogP contribution in [0.15, 0.2) is 0 Å². The topological polar surface area (TPSA) is 62.6 Å². The van der Waals surface area contributed by atoms with Crippen LogP contribution < -0.4 is 15.5 Å². The van der Waals surface area contributed by atoms with E-state index in [9.17, 15) is 9.59 Å². The summed E-state index contributed by atoms with van der Waals surface area (Å²) in [5.41, 5.74) is -0.334. The molecule has 2 amide bonds. The van der Waals surface area contributed by atoms with Crippen LogP contribution in [0.2, 0.25) is 0 Å². The van der Waals surface area contributed by atoms with Gasteiger partial charge in [-0.15, -0.1) is 0 Å². The molecule has 0 aliphatic carbocycles. The number of carbonyl (C=O) groups is 2. The molecule has 0 aromatic heterocycles. The molecule has 22 heavy (non-hydrogen) atoms. The summed E-state index contributed by atoms with van der Waals surface area (Å²) in [4.78, 5) is 24.9. The molecule has 0 saturated carbocycles. The standard InChI is InChI=1S/C17H35N3O2/c1-15(2,3)12-17(7,8)19-14(22)11-20(9)10-13(21)18-16(4,5)6/h10-12H2,1-9H3,(H,18,21)(H,19,22)/p+1. The third kappa shape index (κ3) is 11.5. The van der Waals surface area contributed by atoms with E-state index in [1.807, 2.05) is 41.7 Å². The van der Waals surface area contributed by atoms with Crippen molar-refractivity contribution in [1.29, 1.82) is 0 Å². The molecule has 5 nitrogen and oxygen atoms in total. The molecule has 0 rings (SSSR count). The summed E-state index contributed by atoms with van der Waals surface area (Å²) in [6.07, 6.45) is 0.898. The fourth-order valence-electron chi connectivity index (χ4n) is 2.86. The van der Waals surface area contributed by atoms with Crippen LogP contribution in [-0.2, 0) is 9.59 Å². The van der Waals surface area contributed by atoms with Crippen molar-refractivity contribution in [3.63, 3.8) is 0 Å². The van der Waals surface area contributed by atoms with Gasteiger partial charge in [-0.25, -0.2) is 0 Å². The minimum atomic E-state index is -0.247. The number of rotatable bonds is 6. The van der Waals surface area contributed by atoms with Crippen molar-refractivity contribution in [2.45, 2.75) is 72.9 Å². The van der Waals surface area contributed by atoms with Crippen LogP contribution in [-0.4, -0.2) is 43.0 Å². The zero-order valence-corrected chi connectivity index (χ0v) is 15.9. The van der Waals surface area contributed by atoms with Gasteiger partial charge in [-0.2, -0.15) is 0 Å². The molecule has 0 aliphatic heterocycles. The molecule has 0 spiro atoms. The molecular formula is C17H36N3O2+. The van der Waals surface area contributed by atoms with Crippen LogP contribution in [0.1, 0.15) is 61.8 Å². The highest BCUT2D eigenvalue weighted by Gasteiger charge is 2.28.